The summed E-state index contributed by atoms with van der Waals surface area (Å²) < 4.78 is 10.5. The van der Waals surface area contributed by atoms with Crippen LogP contribution in [0.1, 0.15) is 16.1 Å². The Bertz CT molecular complexity index is 691. The minimum absolute atomic E-state index is 0.115. The highest BCUT2D eigenvalue weighted by Gasteiger charge is 2.22. The van der Waals surface area contributed by atoms with E-state index in [0.717, 1.165) is 5.69 Å². The van der Waals surface area contributed by atoms with Gasteiger partial charge >= 0.3 is 0 Å². The summed E-state index contributed by atoms with van der Waals surface area (Å²) in [4.78, 5) is 18.4. The molecule has 1 amide bonds. The lowest BCUT2D eigenvalue weighted by molar-refractivity contribution is 0.0796. The van der Waals surface area contributed by atoms with Crippen LogP contribution in [0, 0.1) is 0 Å². The van der Waals surface area contributed by atoms with Crippen molar-refractivity contribution in [3.05, 3.63) is 52.8 Å². The molecule has 2 aromatic rings. The van der Waals surface area contributed by atoms with E-state index in [9.17, 15) is 4.79 Å². The van der Waals surface area contributed by atoms with Crippen LogP contribution in [0.3, 0.4) is 0 Å². The van der Waals surface area contributed by atoms with Crippen LogP contribution < -0.4 is 9.47 Å². The largest absolute Gasteiger partial charge is 0.454 e. The first kappa shape index (κ1) is 14.7. The summed E-state index contributed by atoms with van der Waals surface area (Å²) >= 11 is 6.11. The van der Waals surface area contributed by atoms with Crippen LogP contribution in [0.15, 0.2) is 36.5 Å². The van der Waals surface area contributed by atoms with Crippen molar-refractivity contribution < 1.29 is 14.3 Å². The van der Waals surface area contributed by atoms with Crippen molar-refractivity contribution in [2.75, 3.05) is 20.4 Å². The number of fused-ring (bicyclic) bond motifs is 1. The Hall–Kier alpha value is -2.27. The average Bonchev–Trinajstić information content (AvgIpc) is 3.02. The SMILES string of the molecule is CN(CCc1ccccn1)C(=O)c1cc(Cl)c2c(c1)OCO2. The number of hydrogen-bond donors (Lipinski definition) is 0. The Kier molecular flexibility index (Phi) is 4.15. The summed E-state index contributed by atoms with van der Waals surface area (Å²) in [6.07, 6.45) is 2.44. The van der Waals surface area contributed by atoms with Crippen molar-refractivity contribution in [2.45, 2.75) is 6.42 Å². The fourth-order valence-electron chi connectivity index (χ4n) is 2.24. The molecular weight excluding hydrogens is 304 g/mol. The molecule has 6 heteroatoms. The quantitative estimate of drug-likeness (QED) is 0.870. The third-order valence-corrected chi connectivity index (χ3v) is 3.73. The molecule has 0 aliphatic carbocycles. The molecule has 0 bridgehead atoms. The van der Waals surface area contributed by atoms with Crippen LogP contribution in [0.25, 0.3) is 0 Å². The van der Waals surface area contributed by atoms with E-state index >= 15 is 0 Å². The minimum atomic E-state index is -0.115. The van der Waals surface area contributed by atoms with Gasteiger partial charge < -0.3 is 14.4 Å². The van der Waals surface area contributed by atoms with Gasteiger partial charge in [0.2, 0.25) is 6.79 Å². The highest BCUT2D eigenvalue weighted by atomic mass is 35.5. The van der Waals surface area contributed by atoms with Gasteiger partial charge in [0.25, 0.3) is 5.91 Å². The molecule has 0 saturated heterocycles. The lowest BCUT2D eigenvalue weighted by Crippen LogP contribution is -2.29. The molecule has 0 radical (unpaired) electrons. The van der Waals surface area contributed by atoms with Crippen LogP contribution in [-0.2, 0) is 6.42 Å². The third kappa shape index (κ3) is 2.99. The number of pyridine rings is 1. The van der Waals surface area contributed by atoms with Gasteiger partial charge in [0.05, 0.1) is 5.02 Å². The molecule has 0 N–H and O–H groups in total. The summed E-state index contributed by atoms with van der Waals surface area (Å²) in [6.45, 7) is 0.699. The molecule has 1 aliphatic rings. The van der Waals surface area contributed by atoms with Crippen LogP contribution >= 0.6 is 11.6 Å². The molecule has 0 atom stereocenters. The van der Waals surface area contributed by atoms with Crippen molar-refractivity contribution in [1.29, 1.82) is 0 Å². The van der Waals surface area contributed by atoms with Crippen molar-refractivity contribution >= 4 is 17.5 Å². The molecule has 0 unspecified atom stereocenters. The Balaban J connectivity index is 1.69. The maximum Gasteiger partial charge on any atom is 0.253 e. The van der Waals surface area contributed by atoms with E-state index in [1.807, 2.05) is 18.2 Å². The summed E-state index contributed by atoms with van der Waals surface area (Å²) in [6, 6.07) is 9.01. The Labute approximate surface area is 133 Å². The van der Waals surface area contributed by atoms with Crippen LogP contribution in [-0.4, -0.2) is 36.2 Å². The van der Waals surface area contributed by atoms with Gasteiger partial charge in [-0.2, -0.15) is 0 Å². The Morgan fingerprint density at radius 2 is 2.23 bits per heavy atom. The smallest absolute Gasteiger partial charge is 0.253 e. The van der Waals surface area contributed by atoms with Crippen LogP contribution in [0.5, 0.6) is 11.5 Å². The number of benzene rings is 1. The molecule has 0 spiro atoms. The second-order valence-electron chi connectivity index (χ2n) is 4.99. The van der Waals surface area contributed by atoms with E-state index in [1.54, 1.807) is 30.3 Å². The van der Waals surface area contributed by atoms with Gasteiger partial charge in [-0.25, -0.2) is 0 Å². The number of aromatic nitrogens is 1. The fraction of sp³-hybridized carbons (Fsp3) is 0.250. The molecule has 1 aromatic heterocycles. The van der Waals surface area contributed by atoms with E-state index in [2.05, 4.69) is 4.98 Å². The Morgan fingerprint density at radius 3 is 3.00 bits per heavy atom. The molecule has 0 fully saturated rings. The summed E-state index contributed by atoms with van der Waals surface area (Å²) in [7, 11) is 1.75. The summed E-state index contributed by atoms with van der Waals surface area (Å²) in [5, 5.41) is 0.386. The number of hydrogen-bond acceptors (Lipinski definition) is 4. The number of likely N-dealkylation sites (N-methyl/N-ethyl adjacent to an activating group) is 1. The first-order chi connectivity index (χ1) is 10.6. The van der Waals surface area contributed by atoms with Crippen molar-refractivity contribution in [3.8, 4) is 11.5 Å². The average molecular weight is 319 g/mol. The van der Waals surface area contributed by atoms with Gasteiger partial charge in [0.15, 0.2) is 11.5 Å². The number of carbonyl (C=O) groups is 1. The molecule has 22 heavy (non-hydrogen) atoms. The first-order valence-corrected chi connectivity index (χ1v) is 7.27. The maximum atomic E-state index is 12.5. The van der Waals surface area contributed by atoms with Gasteiger partial charge in [-0.3, -0.25) is 9.78 Å². The van der Waals surface area contributed by atoms with E-state index < -0.39 is 0 Å². The fourth-order valence-corrected chi connectivity index (χ4v) is 2.51. The summed E-state index contributed by atoms with van der Waals surface area (Å²) in [5.74, 6) is 0.888. The molecule has 1 aliphatic heterocycles. The van der Waals surface area contributed by atoms with E-state index in [0.29, 0.717) is 35.1 Å². The standard InChI is InChI=1S/C16H15ClN2O3/c1-19(7-5-12-4-2-3-6-18-12)16(20)11-8-13(17)15-14(9-11)21-10-22-15/h2-4,6,8-9H,5,7,10H2,1H3. The number of amides is 1. The molecule has 1 aromatic carbocycles. The van der Waals surface area contributed by atoms with Crippen molar-refractivity contribution in [2.24, 2.45) is 0 Å². The van der Waals surface area contributed by atoms with Crippen LogP contribution in [0.4, 0.5) is 0 Å². The molecule has 3 rings (SSSR count). The zero-order valence-electron chi connectivity index (χ0n) is 12.1. The van der Waals surface area contributed by atoms with Crippen molar-refractivity contribution in [3.63, 3.8) is 0 Å². The Morgan fingerprint density at radius 1 is 1.36 bits per heavy atom. The highest BCUT2D eigenvalue weighted by Crippen LogP contribution is 2.39. The number of halogens is 1. The van der Waals surface area contributed by atoms with Gasteiger partial charge in [-0.1, -0.05) is 17.7 Å². The maximum absolute atomic E-state index is 12.5. The lowest BCUT2D eigenvalue weighted by atomic mass is 10.1. The second kappa shape index (κ2) is 6.23. The normalized spacial score (nSPS) is 12.3. The number of rotatable bonds is 4. The molecule has 0 saturated carbocycles. The van der Waals surface area contributed by atoms with E-state index in [4.69, 9.17) is 21.1 Å². The second-order valence-corrected chi connectivity index (χ2v) is 5.40. The van der Waals surface area contributed by atoms with E-state index in [1.165, 1.54) is 0 Å². The van der Waals surface area contributed by atoms with Crippen LogP contribution in [0.2, 0.25) is 5.02 Å². The molecule has 5 nitrogen and oxygen atoms in total. The minimum Gasteiger partial charge on any atom is -0.454 e. The number of carbonyl (C=O) groups excluding carboxylic acids is 1. The summed E-state index contributed by atoms with van der Waals surface area (Å²) in [5.41, 5.74) is 1.43. The number of ether oxygens (including phenoxy) is 2. The number of nitrogens with zero attached hydrogens (tertiary/aromatic N) is 2. The molecule has 2 heterocycles. The highest BCUT2D eigenvalue weighted by molar-refractivity contribution is 6.32. The van der Waals surface area contributed by atoms with Crippen molar-refractivity contribution in [1.82, 2.24) is 9.88 Å². The third-order valence-electron chi connectivity index (χ3n) is 3.45. The monoisotopic (exact) mass is 318 g/mol. The van der Waals surface area contributed by atoms with Gasteiger partial charge in [0, 0.05) is 37.5 Å². The lowest BCUT2D eigenvalue weighted by Gasteiger charge is -2.17. The zero-order valence-corrected chi connectivity index (χ0v) is 12.8. The molecule has 114 valence electrons. The van der Waals surface area contributed by atoms with Gasteiger partial charge in [-0.15, -0.1) is 0 Å². The first-order valence-electron chi connectivity index (χ1n) is 6.89. The zero-order chi connectivity index (χ0) is 15.5. The van der Waals surface area contributed by atoms with E-state index in [-0.39, 0.29) is 12.7 Å². The van der Waals surface area contributed by atoms with Gasteiger partial charge in [-0.05, 0) is 24.3 Å². The van der Waals surface area contributed by atoms with Gasteiger partial charge in [0.1, 0.15) is 0 Å². The predicted octanol–water partition coefficient (Wildman–Crippen LogP) is 2.78. The topological polar surface area (TPSA) is 51.7 Å². The molecular formula is C16H15ClN2O3. The predicted molar refractivity (Wildman–Crippen MR) is 82.5 cm³/mol.